The molecule has 0 saturated carbocycles. The number of aliphatic hydroxyl groups excluding tert-OH is 1. The van der Waals surface area contributed by atoms with Crippen molar-refractivity contribution in [2.75, 3.05) is 6.54 Å². The van der Waals surface area contributed by atoms with Gasteiger partial charge in [-0.15, -0.1) is 0 Å². The molecule has 0 amide bonds. The molecule has 3 rings (SSSR count). The first-order valence-corrected chi connectivity index (χ1v) is 7.64. The zero-order chi connectivity index (χ0) is 15.0. The van der Waals surface area contributed by atoms with E-state index < -0.39 is 0 Å². The van der Waals surface area contributed by atoms with Gasteiger partial charge in [0.2, 0.25) is 0 Å². The average molecular weight is 286 g/mol. The maximum Gasteiger partial charge on any atom is 0.169 e. The molecule has 21 heavy (non-hydrogen) atoms. The fourth-order valence-electron chi connectivity index (χ4n) is 3.25. The van der Waals surface area contributed by atoms with Crippen LogP contribution in [0.25, 0.3) is 0 Å². The van der Waals surface area contributed by atoms with Crippen molar-refractivity contribution in [1.82, 2.24) is 4.57 Å². The van der Waals surface area contributed by atoms with Crippen LogP contribution < -0.4 is 0 Å². The normalized spacial score (nSPS) is 22.4. The summed E-state index contributed by atoms with van der Waals surface area (Å²) < 4.78 is 2.13. The van der Waals surface area contributed by atoms with Gasteiger partial charge in [-0.05, 0) is 30.4 Å². The number of hydrogen-bond acceptors (Lipinski definition) is 3. The topological polar surface area (TPSA) is 54.6 Å². The molecule has 0 aromatic carbocycles. The van der Waals surface area contributed by atoms with Gasteiger partial charge >= 0.3 is 0 Å². The van der Waals surface area contributed by atoms with E-state index in [0.717, 1.165) is 25.1 Å². The number of aromatic nitrogens is 1. The molecule has 1 aliphatic carbocycles. The van der Waals surface area contributed by atoms with Crippen molar-refractivity contribution < 1.29 is 9.90 Å². The minimum absolute atomic E-state index is 0.0100. The van der Waals surface area contributed by atoms with Crippen LogP contribution in [0.5, 0.6) is 0 Å². The quantitative estimate of drug-likeness (QED) is 0.861. The second-order valence-electron chi connectivity index (χ2n) is 6.79. The van der Waals surface area contributed by atoms with E-state index in [1.54, 1.807) is 0 Å². The van der Waals surface area contributed by atoms with Gasteiger partial charge in [0.1, 0.15) is 5.76 Å². The van der Waals surface area contributed by atoms with Crippen LogP contribution >= 0.6 is 0 Å². The van der Waals surface area contributed by atoms with Crippen LogP contribution in [0.3, 0.4) is 0 Å². The van der Waals surface area contributed by atoms with Crippen molar-refractivity contribution in [2.45, 2.75) is 46.1 Å². The third-order valence-electron chi connectivity index (χ3n) is 4.24. The number of aryl methyl sites for hydroxylation is 1. The first-order valence-electron chi connectivity index (χ1n) is 7.64. The number of ketones is 1. The fourth-order valence-corrected chi connectivity index (χ4v) is 3.25. The molecule has 4 nitrogen and oxygen atoms in total. The number of fused-ring (bicyclic) bond motifs is 1. The van der Waals surface area contributed by atoms with Crippen LogP contribution in [0, 0.1) is 5.41 Å². The van der Waals surface area contributed by atoms with Gasteiger partial charge in [-0.2, -0.15) is 0 Å². The lowest BCUT2D eigenvalue weighted by molar-refractivity contribution is -0.117. The summed E-state index contributed by atoms with van der Waals surface area (Å²) in [4.78, 5) is 17.2. The molecule has 2 heterocycles. The molecule has 0 radical (unpaired) electrons. The number of allylic oxidation sites excluding steroid dienone is 2. The van der Waals surface area contributed by atoms with Gasteiger partial charge in [-0.3, -0.25) is 9.79 Å². The summed E-state index contributed by atoms with van der Waals surface area (Å²) in [7, 11) is 0. The van der Waals surface area contributed by atoms with Gasteiger partial charge < -0.3 is 9.67 Å². The van der Waals surface area contributed by atoms with Crippen molar-refractivity contribution in [3.8, 4) is 0 Å². The molecule has 1 aromatic heterocycles. The lowest BCUT2D eigenvalue weighted by Crippen LogP contribution is -2.31. The molecule has 0 unspecified atom stereocenters. The van der Waals surface area contributed by atoms with E-state index in [2.05, 4.69) is 9.56 Å². The van der Waals surface area contributed by atoms with E-state index in [4.69, 9.17) is 0 Å². The third-order valence-corrected chi connectivity index (χ3v) is 4.24. The van der Waals surface area contributed by atoms with Gasteiger partial charge in [0.25, 0.3) is 0 Å². The lowest BCUT2D eigenvalue weighted by Gasteiger charge is -2.30. The average Bonchev–Trinajstić information content (AvgIpc) is 2.78. The molecule has 1 aliphatic heterocycles. The molecule has 4 heteroatoms. The molecular weight excluding hydrogens is 264 g/mol. The molecule has 1 aromatic rings. The first-order chi connectivity index (χ1) is 9.98. The van der Waals surface area contributed by atoms with E-state index in [-0.39, 0.29) is 17.0 Å². The van der Waals surface area contributed by atoms with Crippen LogP contribution in [0.15, 0.2) is 34.7 Å². The highest BCUT2D eigenvalue weighted by Crippen LogP contribution is 2.37. The number of aliphatic hydroxyl groups is 1. The summed E-state index contributed by atoms with van der Waals surface area (Å²) in [6.07, 6.45) is 5.12. The van der Waals surface area contributed by atoms with Crippen LogP contribution in [0.1, 0.15) is 45.2 Å². The van der Waals surface area contributed by atoms with Crippen molar-refractivity contribution in [3.63, 3.8) is 0 Å². The predicted octanol–water partition coefficient (Wildman–Crippen LogP) is 3.27. The summed E-state index contributed by atoms with van der Waals surface area (Å²) in [6, 6.07) is 3.96. The zero-order valence-electron chi connectivity index (χ0n) is 12.7. The molecule has 0 atom stereocenters. The lowest BCUT2D eigenvalue weighted by atomic mass is 9.75. The Balaban J connectivity index is 2.09. The minimum Gasteiger partial charge on any atom is -0.511 e. The standard InChI is InChI=1S/C17H22N2O2/c1-17(2)10-13(20)15(14(21)11-17)16-12-6-5-9-19(12)8-4-3-7-18-16/h5-6,9,20H,3-4,7-8,10-11H2,1-2H3. The Kier molecular flexibility index (Phi) is 3.47. The Labute approximate surface area is 125 Å². The van der Waals surface area contributed by atoms with Crippen LogP contribution in [-0.2, 0) is 11.3 Å². The van der Waals surface area contributed by atoms with Crippen molar-refractivity contribution in [3.05, 3.63) is 35.4 Å². The minimum atomic E-state index is -0.172. The van der Waals surface area contributed by atoms with Gasteiger partial charge in [0, 0.05) is 32.1 Å². The molecule has 2 aliphatic rings. The second-order valence-corrected chi connectivity index (χ2v) is 6.79. The molecule has 1 N–H and O–H groups in total. The van der Waals surface area contributed by atoms with E-state index in [1.807, 2.05) is 32.2 Å². The van der Waals surface area contributed by atoms with Gasteiger partial charge in [0.05, 0.1) is 17.0 Å². The highest BCUT2D eigenvalue weighted by atomic mass is 16.3. The predicted molar refractivity (Wildman–Crippen MR) is 82.7 cm³/mol. The number of carbonyl (C=O) groups excluding carboxylic acids is 1. The maximum absolute atomic E-state index is 12.5. The highest BCUT2D eigenvalue weighted by Gasteiger charge is 2.36. The highest BCUT2D eigenvalue weighted by molar-refractivity contribution is 6.28. The van der Waals surface area contributed by atoms with E-state index in [9.17, 15) is 9.90 Å². The first kappa shape index (κ1) is 14.1. The number of carbonyl (C=O) groups is 1. The summed E-state index contributed by atoms with van der Waals surface area (Å²) in [6.45, 7) is 5.68. The van der Waals surface area contributed by atoms with E-state index in [1.165, 1.54) is 0 Å². The summed E-state index contributed by atoms with van der Waals surface area (Å²) in [5.74, 6) is 0.208. The van der Waals surface area contributed by atoms with Gasteiger partial charge in [-0.1, -0.05) is 13.8 Å². The Bertz CT molecular complexity index is 635. The Morgan fingerprint density at radius 2 is 2.10 bits per heavy atom. The largest absolute Gasteiger partial charge is 0.511 e. The maximum atomic E-state index is 12.5. The van der Waals surface area contributed by atoms with E-state index in [0.29, 0.717) is 30.7 Å². The fraction of sp³-hybridized carbons (Fsp3) is 0.529. The number of aliphatic imine (C=N–C) groups is 1. The van der Waals surface area contributed by atoms with Crippen LogP contribution in [0.4, 0.5) is 0 Å². The van der Waals surface area contributed by atoms with Crippen molar-refractivity contribution >= 4 is 11.5 Å². The molecule has 0 saturated heterocycles. The second kappa shape index (κ2) is 5.17. The Hall–Kier alpha value is -1.84. The SMILES string of the molecule is CC1(C)CC(=O)C(C2=NCCCCn3cccc32)=C(O)C1. The van der Waals surface area contributed by atoms with Gasteiger partial charge in [-0.25, -0.2) is 0 Å². The Morgan fingerprint density at radius 3 is 2.86 bits per heavy atom. The molecule has 0 fully saturated rings. The number of rotatable bonds is 1. The summed E-state index contributed by atoms with van der Waals surface area (Å²) in [5, 5.41) is 10.4. The Morgan fingerprint density at radius 1 is 1.29 bits per heavy atom. The van der Waals surface area contributed by atoms with E-state index >= 15 is 0 Å². The molecule has 0 bridgehead atoms. The monoisotopic (exact) mass is 286 g/mol. The smallest absolute Gasteiger partial charge is 0.169 e. The molecular formula is C17H22N2O2. The van der Waals surface area contributed by atoms with Gasteiger partial charge in [0.15, 0.2) is 5.78 Å². The van der Waals surface area contributed by atoms with Crippen molar-refractivity contribution in [2.24, 2.45) is 10.4 Å². The van der Waals surface area contributed by atoms with Crippen LogP contribution in [0.2, 0.25) is 0 Å². The third kappa shape index (κ3) is 2.67. The van der Waals surface area contributed by atoms with Crippen molar-refractivity contribution in [1.29, 1.82) is 0 Å². The molecule has 112 valence electrons. The zero-order valence-corrected chi connectivity index (χ0v) is 12.7. The molecule has 0 spiro atoms. The summed E-state index contributed by atoms with van der Waals surface area (Å²) >= 11 is 0. The number of hydrogen-bond donors (Lipinski definition) is 1. The van der Waals surface area contributed by atoms with Crippen LogP contribution in [-0.4, -0.2) is 27.7 Å². The summed E-state index contributed by atoms with van der Waals surface area (Å²) in [5.41, 5.74) is 1.90. The number of nitrogens with zero attached hydrogens (tertiary/aromatic N) is 2. The number of Topliss-reactive ketones (excluding diaryl/α,β-unsaturated/α-hetero) is 1.